The Morgan fingerprint density at radius 2 is 1.36 bits per heavy atom. The number of aromatic nitrogens is 1. The number of hydrazine groups is 1. The van der Waals surface area contributed by atoms with Gasteiger partial charge in [0, 0.05) is 21.8 Å². The lowest BCUT2D eigenvalue weighted by molar-refractivity contribution is 0.219. The maximum Gasteiger partial charge on any atom is 0.119 e. The topological polar surface area (TPSA) is 23.0 Å². The van der Waals surface area contributed by atoms with E-state index in [-0.39, 0.29) is 11.6 Å². The van der Waals surface area contributed by atoms with E-state index in [0.717, 1.165) is 19.3 Å². The van der Waals surface area contributed by atoms with Gasteiger partial charge in [0.2, 0.25) is 0 Å². The molecule has 6 aromatic carbocycles. The number of rotatable bonds is 6. The summed E-state index contributed by atoms with van der Waals surface area (Å²) in [4.78, 5) is 0. The molecule has 3 aliphatic carbocycles. The summed E-state index contributed by atoms with van der Waals surface area (Å²) < 4.78 is 2.52. The van der Waals surface area contributed by atoms with E-state index >= 15 is 0 Å². The summed E-state index contributed by atoms with van der Waals surface area (Å²) in [6.07, 6.45) is 13.7. The maximum absolute atomic E-state index is 4.06. The van der Waals surface area contributed by atoms with E-state index in [1.807, 2.05) is 0 Å². The number of nitrogens with zero attached hydrogens (tertiary/aromatic N) is 3. The maximum atomic E-state index is 4.06. The number of nitrogens with one attached hydrogen (secondary N) is 1. The van der Waals surface area contributed by atoms with Crippen LogP contribution < -0.4 is 5.32 Å². The van der Waals surface area contributed by atoms with Crippen LogP contribution in [0.4, 0.5) is 0 Å². The number of allylic oxidation sites excluding steroid dienone is 6. The van der Waals surface area contributed by atoms with Crippen molar-refractivity contribution in [3.8, 4) is 16.8 Å². The molecule has 0 amide bonds. The zero-order valence-corrected chi connectivity index (χ0v) is 33.3. The molecule has 7 aromatic rings. The first-order valence-electron chi connectivity index (χ1n) is 21.4. The average Bonchev–Trinajstić information content (AvgIpc) is 3.63. The fraction of sp³-hybridized carbons (Fsp3) is 0.222. The number of fused-ring (bicyclic) bond motifs is 7. The van der Waals surface area contributed by atoms with E-state index in [2.05, 4.69) is 198 Å². The summed E-state index contributed by atoms with van der Waals surface area (Å²) >= 11 is 0. The van der Waals surface area contributed by atoms with Crippen LogP contribution in [0.1, 0.15) is 86.1 Å². The molecule has 2 saturated heterocycles. The quantitative estimate of drug-likeness (QED) is 0.135. The van der Waals surface area contributed by atoms with Crippen LogP contribution in [-0.2, 0) is 5.41 Å². The van der Waals surface area contributed by atoms with Crippen molar-refractivity contribution in [2.24, 2.45) is 5.92 Å². The van der Waals surface area contributed by atoms with E-state index in [1.165, 1.54) is 96.0 Å². The molecule has 0 radical (unpaired) electrons. The Balaban J connectivity index is 0.916. The Kier molecular flexibility index (Phi) is 7.75. The summed E-state index contributed by atoms with van der Waals surface area (Å²) in [5, 5.41) is 11.8. The lowest BCUT2D eigenvalue weighted by Gasteiger charge is -2.29. The van der Waals surface area contributed by atoms with Gasteiger partial charge in [-0.3, -0.25) is 5.32 Å². The van der Waals surface area contributed by atoms with Gasteiger partial charge >= 0.3 is 0 Å². The van der Waals surface area contributed by atoms with Crippen LogP contribution in [0.5, 0.6) is 0 Å². The molecular formula is C54H48N4. The van der Waals surface area contributed by atoms with Gasteiger partial charge in [-0.25, -0.2) is 0 Å². The van der Waals surface area contributed by atoms with E-state index in [1.54, 1.807) is 0 Å². The van der Waals surface area contributed by atoms with Crippen molar-refractivity contribution in [3.63, 3.8) is 0 Å². The first-order valence-corrected chi connectivity index (χ1v) is 21.4. The minimum atomic E-state index is -0.0574. The van der Waals surface area contributed by atoms with Crippen molar-refractivity contribution in [1.29, 1.82) is 0 Å². The summed E-state index contributed by atoms with van der Waals surface area (Å²) in [6, 6.07) is 54.6. The van der Waals surface area contributed by atoms with Gasteiger partial charge in [-0.1, -0.05) is 153 Å². The largest absolute Gasteiger partial charge is 0.309 e. The second-order valence-electron chi connectivity index (χ2n) is 17.5. The monoisotopic (exact) mass is 752 g/mol. The van der Waals surface area contributed by atoms with Crippen LogP contribution >= 0.6 is 0 Å². The molecule has 1 N–H and O–H groups in total. The molecule has 3 heterocycles. The Hall–Kier alpha value is -5.78. The Labute approximate surface area is 341 Å². The third kappa shape index (κ3) is 5.12. The lowest BCUT2D eigenvalue weighted by Crippen LogP contribution is -2.40. The molecule has 58 heavy (non-hydrogen) atoms. The molecule has 4 heteroatoms. The zero-order chi connectivity index (χ0) is 38.5. The highest BCUT2D eigenvalue weighted by atomic mass is 15.9. The molecular weight excluding hydrogens is 705 g/mol. The normalized spacial score (nSPS) is 25.4. The molecule has 0 saturated carbocycles. The number of hydrogen-bond acceptors (Lipinski definition) is 3. The van der Waals surface area contributed by atoms with Crippen LogP contribution in [0.15, 0.2) is 169 Å². The molecule has 2 fully saturated rings. The number of benzene rings is 6. The van der Waals surface area contributed by atoms with Crippen LogP contribution in [0.3, 0.4) is 0 Å². The van der Waals surface area contributed by atoms with Gasteiger partial charge < -0.3 is 4.57 Å². The highest BCUT2D eigenvalue weighted by Crippen LogP contribution is 2.57. The van der Waals surface area contributed by atoms with Gasteiger partial charge in [-0.05, 0) is 112 Å². The third-order valence-corrected chi connectivity index (χ3v) is 14.0. The lowest BCUT2D eigenvalue weighted by atomic mass is 9.75. The summed E-state index contributed by atoms with van der Waals surface area (Å²) in [5.74, 6) is 0.618. The smallest absolute Gasteiger partial charge is 0.119 e. The molecule has 0 spiro atoms. The Morgan fingerprint density at radius 3 is 2.21 bits per heavy atom. The fourth-order valence-corrected chi connectivity index (χ4v) is 11.3. The minimum Gasteiger partial charge on any atom is -0.309 e. The van der Waals surface area contributed by atoms with Crippen LogP contribution in [0, 0.1) is 5.92 Å². The van der Waals surface area contributed by atoms with Gasteiger partial charge in [-0.2, -0.15) is 10.0 Å². The predicted octanol–water partition coefficient (Wildman–Crippen LogP) is 12.9. The molecule has 284 valence electrons. The van der Waals surface area contributed by atoms with Gasteiger partial charge in [0.25, 0.3) is 0 Å². The molecule has 0 bridgehead atoms. The van der Waals surface area contributed by atoms with Crippen molar-refractivity contribution in [3.05, 3.63) is 197 Å². The molecule has 2 aliphatic heterocycles. The standard InChI is InChI=1S/C54H48N4/c1-54(2)46-25-12-9-20-40(46)43-23-15-24-44(50(43)54)41-21-10-13-26-47(41)56-48-27-14-11-22-42(48)45-34-39(32-33-49(45)56)35-28-30-37(31-29-35)52-55-51(36-16-5-3-6-17-36)57-53(58(52)57)38-18-7-4-8-19-38/h3-5,7-14,18-23,25-34,36,51-53,55H,6,15-17,24H2,1-2H3/t36?,51-,52?,53+,57?,58?/m1/s1. The second-order valence-corrected chi connectivity index (χ2v) is 17.5. The number of para-hydroxylation sites is 2. The SMILES string of the molecule is CC1(C)C2=C(c3ccccc3-n3c4ccccc4c4cc(-c5ccc(C6N[C@@H](C7CC=CCC7)N7[C@H](c8ccccc8)N67)cc5)ccc43)CCC=C2c2ccccc21. The van der Waals surface area contributed by atoms with E-state index < -0.39 is 0 Å². The van der Waals surface area contributed by atoms with Gasteiger partial charge in [0.05, 0.1) is 22.9 Å². The average molecular weight is 753 g/mol. The Bertz CT molecular complexity index is 2850. The van der Waals surface area contributed by atoms with Gasteiger partial charge in [0.1, 0.15) is 12.3 Å². The van der Waals surface area contributed by atoms with Crippen molar-refractivity contribution >= 4 is 33.0 Å². The molecule has 5 aliphatic rings. The zero-order valence-electron chi connectivity index (χ0n) is 33.3. The first-order chi connectivity index (χ1) is 28.6. The molecule has 1 aromatic heterocycles. The Morgan fingerprint density at radius 1 is 0.621 bits per heavy atom. The second kappa shape index (κ2) is 13.1. The number of hydrogen-bond donors (Lipinski definition) is 1. The van der Waals surface area contributed by atoms with E-state index in [0.29, 0.717) is 18.2 Å². The molecule has 4 unspecified atom stereocenters. The minimum absolute atomic E-state index is 0.0574. The van der Waals surface area contributed by atoms with Gasteiger partial charge in [-0.15, -0.1) is 0 Å². The molecule has 6 atom stereocenters. The highest BCUT2D eigenvalue weighted by molar-refractivity contribution is 6.11. The van der Waals surface area contributed by atoms with Crippen LogP contribution in [0.2, 0.25) is 0 Å². The van der Waals surface area contributed by atoms with Gasteiger partial charge in [0.15, 0.2) is 0 Å². The first kappa shape index (κ1) is 34.3. The van der Waals surface area contributed by atoms with E-state index in [9.17, 15) is 0 Å². The van der Waals surface area contributed by atoms with Crippen LogP contribution in [-0.4, -0.2) is 20.8 Å². The predicted molar refractivity (Wildman–Crippen MR) is 239 cm³/mol. The fourth-order valence-electron chi connectivity index (χ4n) is 11.3. The van der Waals surface area contributed by atoms with Crippen molar-refractivity contribution < 1.29 is 0 Å². The third-order valence-electron chi connectivity index (χ3n) is 14.0. The van der Waals surface area contributed by atoms with Crippen LogP contribution in [0.25, 0.3) is 49.8 Å². The summed E-state index contributed by atoms with van der Waals surface area (Å²) in [7, 11) is 0. The van der Waals surface area contributed by atoms with Crippen molar-refractivity contribution in [2.75, 3.05) is 0 Å². The van der Waals surface area contributed by atoms with Crippen molar-refractivity contribution in [1.82, 2.24) is 19.9 Å². The van der Waals surface area contributed by atoms with Crippen molar-refractivity contribution in [2.45, 2.75) is 69.9 Å². The molecule has 4 nitrogen and oxygen atoms in total. The highest BCUT2D eigenvalue weighted by Gasteiger charge is 2.61. The summed E-state index contributed by atoms with van der Waals surface area (Å²) in [5.41, 5.74) is 17.5. The molecule has 12 rings (SSSR count). The van der Waals surface area contributed by atoms with E-state index in [4.69, 9.17) is 0 Å². The summed E-state index contributed by atoms with van der Waals surface area (Å²) in [6.45, 7) is 4.83.